The summed E-state index contributed by atoms with van der Waals surface area (Å²) in [6.07, 6.45) is 3.44. The Morgan fingerprint density at radius 1 is 1.30 bits per heavy atom. The first-order chi connectivity index (χ1) is 9.28. The van der Waals surface area contributed by atoms with E-state index in [2.05, 4.69) is 11.9 Å². The van der Waals surface area contributed by atoms with Crippen molar-refractivity contribution in [2.45, 2.75) is 33.3 Å². The maximum absolute atomic E-state index is 11.4. The summed E-state index contributed by atoms with van der Waals surface area (Å²) in [7, 11) is 0. The van der Waals surface area contributed by atoms with E-state index in [-0.39, 0.29) is 0 Å². The molecule has 0 aliphatic rings. The Kier molecular flexibility index (Phi) is 5.56. The summed E-state index contributed by atoms with van der Waals surface area (Å²) in [6, 6.07) is 8.11. The van der Waals surface area contributed by atoms with E-state index in [4.69, 9.17) is 4.74 Å². The number of hydrogen-bond acceptors (Lipinski definition) is 2. The van der Waals surface area contributed by atoms with E-state index in [0.717, 1.165) is 16.7 Å². The zero-order valence-electron chi connectivity index (χ0n) is 12.7. The molecule has 1 aromatic rings. The third-order valence-corrected chi connectivity index (χ3v) is 2.48. The lowest BCUT2D eigenvalue weighted by Gasteiger charge is -2.19. The fourth-order valence-electron chi connectivity index (χ4n) is 1.53. The van der Waals surface area contributed by atoms with Gasteiger partial charge in [0.25, 0.3) is 0 Å². The van der Waals surface area contributed by atoms with E-state index in [0.29, 0.717) is 6.54 Å². The van der Waals surface area contributed by atoms with Gasteiger partial charge in [0, 0.05) is 6.54 Å². The highest BCUT2D eigenvalue weighted by atomic mass is 16.6. The Balaban J connectivity index is 2.42. The van der Waals surface area contributed by atoms with Crippen molar-refractivity contribution in [3.63, 3.8) is 0 Å². The normalized spacial score (nSPS) is 11.4. The molecule has 1 amide bonds. The Morgan fingerprint density at radius 2 is 1.90 bits per heavy atom. The second-order valence-electron chi connectivity index (χ2n) is 5.69. The van der Waals surface area contributed by atoms with E-state index in [9.17, 15) is 4.79 Å². The predicted octanol–water partition coefficient (Wildman–Crippen LogP) is 4.26. The zero-order valence-corrected chi connectivity index (χ0v) is 12.7. The third-order valence-electron chi connectivity index (χ3n) is 2.48. The molecule has 0 saturated heterocycles. The quantitative estimate of drug-likeness (QED) is 0.890. The molecule has 3 nitrogen and oxygen atoms in total. The molecule has 108 valence electrons. The SMILES string of the molecule is C=C(C)c1ccc(C=CCNC(=O)OC(C)(C)C)cc1. The molecule has 0 spiro atoms. The van der Waals surface area contributed by atoms with E-state index in [1.165, 1.54) is 0 Å². The number of allylic oxidation sites excluding steroid dienone is 1. The second-order valence-corrected chi connectivity index (χ2v) is 5.69. The van der Waals surface area contributed by atoms with Crippen molar-refractivity contribution in [1.29, 1.82) is 0 Å². The molecule has 0 saturated carbocycles. The van der Waals surface area contributed by atoms with Gasteiger partial charge >= 0.3 is 6.09 Å². The topological polar surface area (TPSA) is 38.3 Å². The van der Waals surface area contributed by atoms with Crippen LogP contribution in [-0.2, 0) is 4.74 Å². The number of carbonyl (C=O) groups excluding carboxylic acids is 1. The lowest BCUT2D eigenvalue weighted by molar-refractivity contribution is 0.0534. The summed E-state index contributed by atoms with van der Waals surface area (Å²) < 4.78 is 5.14. The zero-order chi connectivity index (χ0) is 15.2. The van der Waals surface area contributed by atoms with Gasteiger partial charge in [-0.05, 0) is 38.8 Å². The van der Waals surface area contributed by atoms with E-state index >= 15 is 0 Å². The van der Waals surface area contributed by atoms with Gasteiger partial charge in [0.1, 0.15) is 5.60 Å². The van der Waals surface area contributed by atoms with Crippen molar-refractivity contribution in [2.75, 3.05) is 6.54 Å². The Bertz CT molecular complexity index is 493. The van der Waals surface area contributed by atoms with E-state index in [1.54, 1.807) is 0 Å². The summed E-state index contributed by atoms with van der Waals surface area (Å²) >= 11 is 0. The summed E-state index contributed by atoms with van der Waals surface area (Å²) in [5.74, 6) is 0. The third kappa shape index (κ3) is 6.23. The lowest BCUT2D eigenvalue weighted by Crippen LogP contribution is -2.32. The highest BCUT2D eigenvalue weighted by molar-refractivity contribution is 5.68. The fourth-order valence-corrected chi connectivity index (χ4v) is 1.53. The molecule has 0 heterocycles. The molecule has 3 heteroatoms. The van der Waals surface area contributed by atoms with Gasteiger partial charge in [-0.25, -0.2) is 4.79 Å². The minimum Gasteiger partial charge on any atom is -0.444 e. The molecule has 1 aromatic carbocycles. The largest absolute Gasteiger partial charge is 0.444 e. The molecule has 20 heavy (non-hydrogen) atoms. The molecule has 0 bridgehead atoms. The van der Waals surface area contributed by atoms with Crippen LogP contribution in [0.15, 0.2) is 36.9 Å². The summed E-state index contributed by atoms with van der Waals surface area (Å²) in [6.45, 7) is 11.8. The standard InChI is InChI=1S/C17H23NO2/c1-13(2)15-10-8-14(9-11-15)7-6-12-18-16(19)20-17(3,4)5/h6-11H,1,12H2,2-5H3,(H,18,19). The molecule has 0 aromatic heterocycles. The number of ether oxygens (including phenoxy) is 1. The average Bonchev–Trinajstić information content (AvgIpc) is 2.33. The number of rotatable bonds is 4. The van der Waals surface area contributed by atoms with Crippen molar-refractivity contribution < 1.29 is 9.53 Å². The van der Waals surface area contributed by atoms with E-state index < -0.39 is 11.7 Å². The fraction of sp³-hybridized carbons (Fsp3) is 0.353. The van der Waals surface area contributed by atoms with Crippen LogP contribution in [0.25, 0.3) is 11.6 Å². The van der Waals surface area contributed by atoms with Gasteiger partial charge in [0.2, 0.25) is 0 Å². The Hall–Kier alpha value is -2.03. The number of nitrogens with one attached hydrogen (secondary N) is 1. The molecule has 0 aliphatic heterocycles. The van der Waals surface area contributed by atoms with Gasteiger partial charge < -0.3 is 10.1 Å². The van der Waals surface area contributed by atoms with Crippen molar-refractivity contribution in [1.82, 2.24) is 5.32 Å². The smallest absolute Gasteiger partial charge is 0.407 e. The monoisotopic (exact) mass is 273 g/mol. The molecule has 1 rings (SSSR count). The predicted molar refractivity (Wildman–Crippen MR) is 84.4 cm³/mol. The summed E-state index contributed by atoms with van der Waals surface area (Å²) in [5.41, 5.74) is 2.80. The number of benzene rings is 1. The van der Waals surface area contributed by atoms with Gasteiger partial charge in [-0.1, -0.05) is 48.6 Å². The van der Waals surface area contributed by atoms with Gasteiger partial charge in [0.15, 0.2) is 0 Å². The van der Waals surface area contributed by atoms with E-state index in [1.807, 2.05) is 64.1 Å². The van der Waals surface area contributed by atoms with Crippen molar-refractivity contribution in [3.8, 4) is 0 Å². The minimum absolute atomic E-state index is 0.403. The van der Waals surface area contributed by atoms with Crippen LogP contribution < -0.4 is 5.32 Å². The molecule has 0 unspecified atom stereocenters. The molecule has 0 radical (unpaired) electrons. The second kappa shape index (κ2) is 6.94. The summed E-state index contributed by atoms with van der Waals surface area (Å²) in [4.78, 5) is 11.4. The van der Waals surface area contributed by atoms with Crippen LogP contribution >= 0.6 is 0 Å². The maximum Gasteiger partial charge on any atom is 0.407 e. The van der Waals surface area contributed by atoms with Crippen molar-refractivity contribution in [3.05, 3.63) is 48.0 Å². The molecule has 1 N–H and O–H groups in total. The molecule has 0 aliphatic carbocycles. The van der Waals surface area contributed by atoms with Gasteiger partial charge in [-0.2, -0.15) is 0 Å². The van der Waals surface area contributed by atoms with Crippen LogP contribution in [0, 0.1) is 0 Å². The summed E-state index contributed by atoms with van der Waals surface area (Å²) in [5, 5.41) is 2.68. The van der Waals surface area contributed by atoms with Gasteiger partial charge in [-0.15, -0.1) is 0 Å². The van der Waals surface area contributed by atoms with Crippen LogP contribution in [0.1, 0.15) is 38.8 Å². The Labute approximate surface area is 121 Å². The van der Waals surface area contributed by atoms with Gasteiger partial charge in [-0.3, -0.25) is 0 Å². The van der Waals surface area contributed by atoms with Crippen LogP contribution in [0.3, 0.4) is 0 Å². The molecule has 0 atom stereocenters. The van der Waals surface area contributed by atoms with Gasteiger partial charge in [0.05, 0.1) is 0 Å². The van der Waals surface area contributed by atoms with Crippen molar-refractivity contribution >= 4 is 17.7 Å². The maximum atomic E-state index is 11.4. The number of amides is 1. The molecule has 0 fully saturated rings. The highest BCUT2D eigenvalue weighted by Gasteiger charge is 2.14. The van der Waals surface area contributed by atoms with Crippen LogP contribution in [0.4, 0.5) is 4.79 Å². The Morgan fingerprint density at radius 3 is 2.40 bits per heavy atom. The molecular weight excluding hydrogens is 250 g/mol. The minimum atomic E-state index is -0.466. The first-order valence-electron chi connectivity index (χ1n) is 6.67. The molecular formula is C17H23NO2. The lowest BCUT2D eigenvalue weighted by atomic mass is 10.1. The first kappa shape index (κ1) is 16.0. The number of hydrogen-bond donors (Lipinski definition) is 1. The number of carbonyl (C=O) groups is 1. The van der Waals surface area contributed by atoms with Crippen LogP contribution in [-0.4, -0.2) is 18.2 Å². The average molecular weight is 273 g/mol. The highest BCUT2D eigenvalue weighted by Crippen LogP contribution is 2.13. The van der Waals surface area contributed by atoms with Crippen molar-refractivity contribution in [2.24, 2.45) is 0 Å². The first-order valence-corrected chi connectivity index (χ1v) is 6.67. The van der Waals surface area contributed by atoms with Crippen LogP contribution in [0.2, 0.25) is 0 Å². The number of alkyl carbamates (subject to hydrolysis) is 1. The van der Waals surface area contributed by atoms with Crippen LogP contribution in [0.5, 0.6) is 0 Å².